The third-order valence-corrected chi connectivity index (χ3v) is 5.93. The van der Waals surface area contributed by atoms with Crippen LogP contribution in [0.25, 0.3) is 21.2 Å². The van der Waals surface area contributed by atoms with Gasteiger partial charge in [-0.2, -0.15) is 13.2 Å². The smallest absolute Gasteiger partial charge is 0.335 e. The van der Waals surface area contributed by atoms with E-state index in [0.29, 0.717) is 16.8 Å². The number of pyridine rings is 1. The molecule has 1 fully saturated rings. The van der Waals surface area contributed by atoms with Crippen molar-refractivity contribution in [1.82, 2.24) is 9.47 Å². The molecule has 1 aromatic carbocycles. The lowest BCUT2D eigenvalue weighted by Crippen LogP contribution is -2.60. The van der Waals surface area contributed by atoms with Crippen LogP contribution in [0.3, 0.4) is 0 Å². The molecule has 0 aliphatic carbocycles. The Morgan fingerprint density at radius 1 is 1.23 bits per heavy atom. The number of alkyl halides is 4. The Morgan fingerprint density at radius 3 is 2.57 bits per heavy atom. The number of hydrogen-bond acceptors (Lipinski definition) is 3. The molecule has 4 nitrogen and oxygen atoms in total. The summed E-state index contributed by atoms with van der Waals surface area (Å²) < 4.78 is 68.1. The van der Waals surface area contributed by atoms with Gasteiger partial charge < -0.3 is 9.47 Å². The Morgan fingerprint density at radius 2 is 1.93 bits per heavy atom. The first-order valence-corrected chi connectivity index (χ1v) is 9.79. The summed E-state index contributed by atoms with van der Waals surface area (Å²) in [6, 6.07) is 4.14. The van der Waals surface area contributed by atoms with Crippen molar-refractivity contribution in [2.75, 3.05) is 13.1 Å². The van der Waals surface area contributed by atoms with Gasteiger partial charge >= 0.3 is 6.18 Å². The highest BCUT2D eigenvalue weighted by Crippen LogP contribution is 2.37. The van der Waals surface area contributed by atoms with Gasteiger partial charge in [-0.3, -0.25) is 9.59 Å². The van der Waals surface area contributed by atoms with Crippen molar-refractivity contribution in [3.05, 3.63) is 57.6 Å². The Kier molecular flexibility index (Phi) is 4.72. The number of rotatable bonds is 3. The van der Waals surface area contributed by atoms with E-state index in [0.717, 1.165) is 15.9 Å². The second kappa shape index (κ2) is 6.90. The molecule has 1 amide bonds. The van der Waals surface area contributed by atoms with Crippen molar-refractivity contribution >= 4 is 27.3 Å². The molecule has 158 valence electrons. The summed E-state index contributed by atoms with van der Waals surface area (Å²) in [7, 11) is 0. The third kappa shape index (κ3) is 3.60. The highest BCUT2D eigenvalue weighted by molar-refractivity contribution is 7.17. The van der Waals surface area contributed by atoms with Crippen LogP contribution in [-0.2, 0) is 17.5 Å². The van der Waals surface area contributed by atoms with Gasteiger partial charge in [0.15, 0.2) is 0 Å². The maximum atomic E-state index is 13.6. The molecule has 0 atom stereocenters. The van der Waals surface area contributed by atoms with Crippen LogP contribution in [-0.4, -0.2) is 34.1 Å². The first-order valence-electron chi connectivity index (χ1n) is 8.91. The number of hydrogen-bond donors (Lipinski definition) is 0. The molecule has 0 unspecified atom stereocenters. The van der Waals surface area contributed by atoms with E-state index in [1.54, 1.807) is 6.07 Å². The van der Waals surface area contributed by atoms with E-state index < -0.39 is 34.7 Å². The van der Waals surface area contributed by atoms with E-state index in [4.69, 9.17) is 0 Å². The maximum Gasteiger partial charge on any atom is 0.419 e. The summed E-state index contributed by atoms with van der Waals surface area (Å²) in [4.78, 5) is 26.5. The van der Waals surface area contributed by atoms with Crippen molar-refractivity contribution < 1.29 is 26.7 Å². The molecule has 10 heteroatoms. The Bertz CT molecular complexity index is 1200. The van der Waals surface area contributed by atoms with Gasteiger partial charge in [0.1, 0.15) is 18.0 Å². The Balaban J connectivity index is 1.73. The molecular weight excluding hydrogens is 427 g/mol. The summed E-state index contributed by atoms with van der Waals surface area (Å²) in [6.45, 7) is 0.965. The van der Waals surface area contributed by atoms with Crippen molar-refractivity contribution in [1.29, 1.82) is 0 Å². The molecule has 3 heterocycles. The quantitative estimate of drug-likeness (QED) is 0.563. The van der Waals surface area contributed by atoms with E-state index in [9.17, 15) is 31.5 Å². The predicted molar refractivity (Wildman–Crippen MR) is 103 cm³/mol. The minimum Gasteiger partial charge on any atom is -0.335 e. The lowest BCUT2D eigenvalue weighted by molar-refractivity contribution is -0.144. The first-order chi connectivity index (χ1) is 14.0. The summed E-state index contributed by atoms with van der Waals surface area (Å²) in [5.74, 6) is -1.83. The monoisotopic (exact) mass is 442 g/mol. The van der Waals surface area contributed by atoms with Crippen LogP contribution in [0.4, 0.5) is 22.0 Å². The number of nitrogens with zero attached hydrogens (tertiary/aromatic N) is 2. The number of thiophene rings is 1. The number of benzene rings is 1. The van der Waals surface area contributed by atoms with Crippen molar-refractivity contribution in [2.24, 2.45) is 0 Å². The second-order valence-electron chi connectivity index (χ2n) is 7.49. The Labute approximate surface area is 171 Å². The molecule has 4 rings (SSSR count). The molecule has 0 radical (unpaired) electrons. The van der Waals surface area contributed by atoms with Crippen molar-refractivity contribution in [2.45, 2.75) is 25.3 Å². The zero-order chi connectivity index (χ0) is 21.8. The lowest BCUT2D eigenvalue weighted by Gasteiger charge is -2.42. The minimum absolute atomic E-state index is 0.0482. The lowest BCUT2D eigenvalue weighted by atomic mass is 9.99. The summed E-state index contributed by atoms with van der Waals surface area (Å²) in [5.41, 5.74) is -3.14. The number of halogens is 5. The summed E-state index contributed by atoms with van der Waals surface area (Å²) in [6.07, 6.45) is -3.45. The number of carbonyl (C=O) groups excluding carboxylic acids is 1. The topological polar surface area (TPSA) is 42.3 Å². The third-order valence-electron chi connectivity index (χ3n) is 4.98. The van der Waals surface area contributed by atoms with Crippen LogP contribution in [0.15, 0.2) is 40.6 Å². The average molecular weight is 442 g/mol. The fraction of sp³-hybridized carbons (Fsp3) is 0.300. The van der Waals surface area contributed by atoms with Gasteiger partial charge in [-0.05, 0) is 30.7 Å². The molecule has 3 aromatic rings. The van der Waals surface area contributed by atoms with Crippen LogP contribution >= 0.6 is 11.3 Å². The molecule has 0 saturated carbocycles. The zero-order valence-corrected chi connectivity index (χ0v) is 16.4. The maximum absolute atomic E-state index is 13.6. The van der Waals surface area contributed by atoms with Gasteiger partial charge in [-0.25, -0.2) is 8.78 Å². The normalized spacial score (nSPS) is 16.0. The van der Waals surface area contributed by atoms with E-state index >= 15 is 0 Å². The number of aromatic nitrogens is 1. The molecule has 30 heavy (non-hydrogen) atoms. The molecule has 2 aromatic heterocycles. The van der Waals surface area contributed by atoms with E-state index in [1.165, 1.54) is 29.5 Å². The number of amides is 1. The number of likely N-dealkylation sites (tertiary alicyclic amines) is 1. The van der Waals surface area contributed by atoms with Gasteiger partial charge in [-0.1, -0.05) is 6.07 Å². The van der Waals surface area contributed by atoms with Gasteiger partial charge in [0.2, 0.25) is 5.91 Å². The standard InChI is InChI=1S/C20H15F5N2O2S/c1-19(22)9-27(10-19)16(28)7-26-5-4-15-17(18(26)29)12(8-30-15)11-2-3-14(21)13(6-11)20(23,24)25/h2-6,8H,7,9-10H2,1H3. The fourth-order valence-corrected chi connectivity index (χ4v) is 4.46. The van der Waals surface area contributed by atoms with Crippen molar-refractivity contribution in [3.8, 4) is 11.1 Å². The molecule has 0 bridgehead atoms. The van der Waals surface area contributed by atoms with E-state index in [1.807, 2.05) is 0 Å². The minimum atomic E-state index is -4.87. The van der Waals surface area contributed by atoms with Gasteiger partial charge in [0.05, 0.1) is 24.0 Å². The highest BCUT2D eigenvalue weighted by atomic mass is 32.1. The average Bonchev–Trinajstić information content (AvgIpc) is 3.06. The Hall–Kier alpha value is -2.75. The van der Waals surface area contributed by atoms with Crippen LogP contribution in [0.1, 0.15) is 12.5 Å². The van der Waals surface area contributed by atoms with Gasteiger partial charge in [-0.15, -0.1) is 11.3 Å². The summed E-state index contributed by atoms with van der Waals surface area (Å²) >= 11 is 1.16. The molecule has 0 spiro atoms. The molecule has 0 N–H and O–H groups in total. The van der Waals surface area contributed by atoms with E-state index in [-0.39, 0.29) is 36.1 Å². The highest BCUT2D eigenvalue weighted by Gasteiger charge is 2.41. The molecular formula is C20H15F5N2O2S. The van der Waals surface area contributed by atoms with Gasteiger partial charge in [0, 0.05) is 21.8 Å². The largest absolute Gasteiger partial charge is 0.419 e. The fourth-order valence-electron chi connectivity index (χ4n) is 3.50. The predicted octanol–water partition coefficient (Wildman–Crippen LogP) is 4.46. The number of fused-ring (bicyclic) bond motifs is 1. The van der Waals surface area contributed by atoms with Crippen LogP contribution < -0.4 is 5.56 Å². The first kappa shape index (κ1) is 20.5. The van der Waals surface area contributed by atoms with E-state index in [2.05, 4.69) is 0 Å². The van der Waals surface area contributed by atoms with Crippen LogP contribution in [0.5, 0.6) is 0 Å². The van der Waals surface area contributed by atoms with Gasteiger partial charge in [0.25, 0.3) is 5.56 Å². The van der Waals surface area contributed by atoms with Crippen LogP contribution in [0.2, 0.25) is 0 Å². The second-order valence-corrected chi connectivity index (χ2v) is 8.40. The molecule has 1 aliphatic heterocycles. The van der Waals surface area contributed by atoms with Crippen LogP contribution in [0, 0.1) is 5.82 Å². The zero-order valence-electron chi connectivity index (χ0n) is 15.6. The molecule has 1 saturated heterocycles. The van der Waals surface area contributed by atoms with Crippen molar-refractivity contribution in [3.63, 3.8) is 0 Å². The summed E-state index contributed by atoms with van der Waals surface area (Å²) in [5, 5.41) is 1.67. The SMILES string of the molecule is CC1(F)CN(C(=O)Cn2ccc3scc(-c4ccc(F)c(C(F)(F)F)c4)c3c2=O)C1. The molecule has 1 aliphatic rings. The number of carbonyl (C=O) groups is 1.